The van der Waals surface area contributed by atoms with E-state index >= 15 is 0 Å². The first-order chi connectivity index (χ1) is 6.63. The van der Waals surface area contributed by atoms with Gasteiger partial charge in [0.15, 0.2) is 0 Å². The van der Waals surface area contributed by atoms with Crippen LogP contribution >= 0.6 is 0 Å². The van der Waals surface area contributed by atoms with Crippen molar-refractivity contribution in [1.82, 2.24) is 9.80 Å². The summed E-state index contributed by atoms with van der Waals surface area (Å²) in [5.74, 6) is 0.163. The van der Waals surface area contributed by atoms with Gasteiger partial charge in [-0.25, -0.2) is 0 Å². The molecule has 2 atom stereocenters. The van der Waals surface area contributed by atoms with Crippen LogP contribution in [0.15, 0.2) is 0 Å². The molecule has 1 saturated heterocycles. The maximum absolute atomic E-state index is 8.75. The molecule has 1 aliphatic heterocycles. The third-order valence-electron chi connectivity index (χ3n) is 2.96. The molecule has 0 aromatic carbocycles. The first-order valence-corrected chi connectivity index (χ1v) is 5.42. The van der Waals surface area contributed by atoms with E-state index in [1.165, 1.54) is 12.8 Å². The highest BCUT2D eigenvalue weighted by atomic mass is 15.2. The molecule has 0 bridgehead atoms. The topological polar surface area (TPSA) is 30.3 Å². The van der Waals surface area contributed by atoms with Crippen LogP contribution in [-0.4, -0.2) is 49.6 Å². The van der Waals surface area contributed by atoms with E-state index in [0.717, 1.165) is 19.6 Å². The second-order valence-corrected chi connectivity index (χ2v) is 4.55. The van der Waals surface area contributed by atoms with Gasteiger partial charge in [0.1, 0.15) is 0 Å². The van der Waals surface area contributed by atoms with Crippen molar-refractivity contribution >= 4 is 0 Å². The molecular weight excluding hydrogens is 174 g/mol. The summed E-state index contributed by atoms with van der Waals surface area (Å²) in [6.45, 7) is 5.22. The molecule has 0 aromatic heterocycles. The Morgan fingerprint density at radius 1 is 1.57 bits per heavy atom. The van der Waals surface area contributed by atoms with Gasteiger partial charge >= 0.3 is 0 Å². The van der Waals surface area contributed by atoms with Gasteiger partial charge in [0.05, 0.1) is 12.0 Å². The molecule has 0 amide bonds. The van der Waals surface area contributed by atoms with E-state index in [1.807, 2.05) is 6.92 Å². The van der Waals surface area contributed by atoms with E-state index in [9.17, 15) is 0 Å². The first-order valence-electron chi connectivity index (χ1n) is 5.42. The van der Waals surface area contributed by atoms with Gasteiger partial charge in [-0.05, 0) is 40.4 Å². The molecule has 0 radical (unpaired) electrons. The van der Waals surface area contributed by atoms with Crippen molar-refractivity contribution in [2.75, 3.05) is 33.7 Å². The minimum absolute atomic E-state index is 0.163. The largest absolute Gasteiger partial charge is 0.305 e. The number of nitriles is 1. The number of likely N-dealkylation sites (N-methyl/N-ethyl adjacent to an activating group) is 1. The Labute approximate surface area is 87.3 Å². The SMILES string of the molecule is CC(C#N)CN1CCCC(N(C)C)C1. The molecular formula is C11H21N3. The van der Waals surface area contributed by atoms with E-state index in [-0.39, 0.29) is 5.92 Å². The lowest BCUT2D eigenvalue weighted by atomic mass is 10.0. The normalized spacial score (nSPS) is 26.1. The second kappa shape index (κ2) is 5.33. The molecule has 14 heavy (non-hydrogen) atoms. The summed E-state index contributed by atoms with van der Waals surface area (Å²) < 4.78 is 0. The molecule has 1 heterocycles. The lowest BCUT2D eigenvalue weighted by Gasteiger charge is -2.36. The van der Waals surface area contributed by atoms with Gasteiger partial charge in [-0.15, -0.1) is 0 Å². The second-order valence-electron chi connectivity index (χ2n) is 4.55. The maximum Gasteiger partial charge on any atom is 0.0666 e. The Bertz CT molecular complexity index is 207. The fourth-order valence-corrected chi connectivity index (χ4v) is 2.05. The number of hydrogen-bond acceptors (Lipinski definition) is 3. The van der Waals surface area contributed by atoms with Crippen LogP contribution in [-0.2, 0) is 0 Å². The number of piperidine rings is 1. The molecule has 1 fully saturated rings. The van der Waals surface area contributed by atoms with Gasteiger partial charge in [0, 0.05) is 19.1 Å². The van der Waals surface area contributed by atoms with Crippen LogP contribution in [0.25, 0.3) is 0 Å². The zero-order valence-electron chi connectivity index (χ0n) is 9.53. The van der Waals surface area contributed by atoms with Crippen molar-refractivity contribution in [3.05, 3.63) is 0 Å². The minimum Gasteiger partial charge on any atom is -0.305 e. The third-order valence-corrected chi connectivity index (χ3v) is 2.96. The summed E-state index contributed by atoms with van der Waals surface area (Å²) in [6.07, 6.45) is 2.56. The molecule has 1 rings (SSSR count). The lowest BCUT2D eigenvalue weighted by Crippen LogP contribution is -2.46. The van der Waals surface area contributed by atoms with Crippen molar-refractivity contribution < 1.29 is 0 Å². The molecule has 0 N–H and O–H groups in total. The van der Waals surface area contributed by atoms with Gasteiger partial charge in [-0.1, -0.05) is 0 Å². The summed E-state index contributed by atoms with van der Waals surface area (Å²) in [5.41, 5.74) is 0. The van der Waals surface area contributed by atoms with E-state index < -0.39 is 0 Å². The zero-order chi connectivity index (χ0) is 10.6. The van der Waals surface area contributed by atoms with Crippen LogP contribution in [0.4, 0.5) is 0 Å². The average Bonchev–Trinajstić information content (AvgIpc) is 2.18. The Balaban J connectivity index is 2.37. The monoisotopic (exact) mass is 195 g/mol. The highest BCUT2D eigenvalue weighted by Gasteiger charge is 2.21. The molecule has 0 saturated carbocycles. The van der Waals surface area contributed by atoms with Crippen molar-refractivity contribution in [2.45, 2.75) is 25.8 Å². The van der Waals surface area contributed by atoms with Gasteiger partial charge in [0.25, 0.3) is 0 Å². The highest BCUT2D eigenvalue weighted by molar-refractivity contribution is 4.85. The van der Waals surface area contributed by atoms with Crippen LogP contribution in [0.1, 0.15) is 19.8 Å². The Morgan fingerprint density at radius 2 is 2.29 bits per heavy atom. The maximum atomic E-state index is 8.75. The zero-order valence-corrected chi connectivity index (χ0v) is 9.53. The number of hydrogen-bond donors (Lipinski definition) is 0. The fraction of sp³-hybridized carbons (Fsp3) is 0.909. The van der Waals surface area contributed by atoms with E-state index in [0.29, 0.717) is 6.04 Å². The quantitative estimate of drug-likeness (QED) is 0.677. The van der Waals surface area contributed by atoms with Gasteiger partial charge in [-0.2, -0.15) is 5.26 Å². The number of likely N-dealkylation sites (tertiary alicyclic amines) is 1. The van der Waals surface area contributed by atoms with E-state index in [2.05, 4.69) is 30.0 Å². The van der Waals surface area contributed by atoms with Crippen LogP contribution < -0.4 is 0 Å². The Morgan fingerprint density at radius 3 is 2.86 bits per heavy atom. The predicted octanol–water partition coefficient (Wildman–Crippen LogP) is 1.17. The summed E-state index contributed by atoms with van der Waals surface area (Å²) in [5, 5.41) is 8.75. The van der Waals surface area contributed by atoms with Crippen molar-refractivity contribution in [2.24, 2.45) is 5.92 Å². The van der Waals surface area contributed by atoms with E-state index in [1.54, 1.807) is 0 Å². The van der Waals surface area contributed by atoms with Gasteiger partial charge in [-0.3, -0.25) is 0 Å². The smallest absolute Gasteiger partial charge is 0.0666 e. The highest BCUT2D eigenvalue weighted by Crippen LogP contribution is 2.14. The summed E-state index contributed by atoms with van der Waals surface area (Å²) in [4.78, 5) is 4.71. The van der Waals surface area contributed by atoms with Crippen LogP contribution in [0.2, 0.25) is 0 Å². The van der Waals surface area contributed by atoms with Gasteiger partial charge in [0.2, 0.25) is 0 Å². The van der Waals surface area contributed by atoms with Crippen molar-refractivity contribution in [1.29, 1.82) is 5.26 Å². The number of nitrogens with zero attached hydrogens (tertiary/aromatic N) is 3. The first kappa shape index (κ1) is 11.5. The molecule has 3 heteroatoms. The molecule has 80 valence electrons. The van der Waals surface area contributed by atoms with Crippen LogP contribution in [0, 0.1) is 17.2 Å². The fourth-order valence-electron chi connectivity index (χ4n) is 2.05. The standard InChI is InChI=1S/C11H21N3/c1-10(7-12)8-14-6-4-5-11(9-14)13(2)3/h10-11H,4-6,8-9H2,1-3H3. The summed E-state index contributed by atoms with van der Waals surface area (Å²) in [7, 11) is 4.28. The molecule has 0 aliphatic carbocycles. The van der Waals surface area contributed by atoms with Crippen molar-refractivity contribution in [3.8, 4) is 6.07 Å². The van der Waals surface area contributed by atoms with Crippen LogP contribution in [0.5, 0.6) is 0 Å². The van der Waals surface area contributed by atoms with Gasteiger partial charge < -0.3 is 9.80 Å². The Kier molecular flexibility index (Phi) is 4.37. The average molecular weight is 195 g/mol. The molecule has 0 spiro atoms. The minimum atomic E-state index is 0.163. The lowest BCUT2D eigenvalue weighted by molar-refractivity contribution is 0.127. The Hall–Kier alpha value is -0.590. The molecule has 3 nitrogen and oxygen atoms in total. The van der Waals surface area contributed by atoms with E-state index in [4.69, 9.17) is 5.26 Å². The van der Waals surface area contributed by atoms with Crippen molar-refractivity contribution in [3.63, 3.8) is 0 Å². The molecule has 0 aromatic rings. The molecule has 1 aliphatic rings. The van der Waals surface area contributed by atoms with Crippen LogP contribution in [0.3, 0.4) is 0 Å². The predicted molar refractivity (Wildman–Crippen MR) is 57.9 cm³/mol. The molecule has 2 unspecified atom stereocenters. The summed E-state index contributed by atoms with van der Waals surface area (Å²) >= 11 is 0. The third kappa shape index (κ3) is 3.28. The number of rotatable bonds is 3. The summed E-state index contributed by atoms with van der Waals surface area (Å²) in [6, 6.07) is 2.98.